The summed E-state index contributed by atoms with van der Waals surface area (Å²) in [7, 11) is -0.988. The average Bonchev–Trinajstić information content (AvgIpc) is 2.13. The fraction of sp³-hybridized carbons (Fsp3) is 0.714. The fourth-order valence-electron chi connectivity index (χ4n) is 0.647. The molecule has 0 aromatic heterocycles. The molecule has 0 saturated heterocycles. The lowest BCUT2D eigenvalue weighted by atomic mass is 10.4. The zero-order chi connectivity index (χ0) is 11.8. The maximum atomic E-state index is 10.9. The van der Waals surface area contributed by atoms with Crippen molar-refractivity contribution in [1.29, 1.82) is 0 Å². The SMILES string of the molecule is CS(=O)CCNC(=O)NCC(O)C(=O)O. The smallest absolute Gasteiger partial charge is 0.334 e. The molecule has 0 aliphatic rings. The number of carbonyl (C=O) groups is 2. The van der Waals surface area contributed by atoms with E-state index >= 15 is 0 Å². The van der Waals surface area contributed by atoms with E-state index in [4.69, 9.17) is 10.2 Å². The van der Waals surface area contributed by atoms with E-state index in [0.717, 1.165) is 0 Å². The summed E-state index contributed by atoms with van der Waals surface area (Å²) in [5.41, 5.74) is 0. The number of hydrogen-bond acceptors (Lipinski definition) is 4. The number of carbonyl (C=O) groups excluding carboxylic acids is 1. The van der Waals surface area contributed by atoms with Crippen molar-refractivity contribution in [2.24, 2.45) is 0 Å². The topological polar surface area (TPSA) is 116 Å². The number of nitrogens with one attached hydrogen (secondary N) is 2. The standard InChI is InChI=1S/C7H14N2O5S/c1-15(14)3-2-8-7(13)9-4-5(10)6(11)12/h5,10H,2-4H2,1H3,(H,11,12)(H2,8,9,13). The summed E-state index contributed by atoms with van der Waals surface area (Å²) in [5, 5.41) is 21.6. The molecule has 0 aliphatic heterocycles. The Balaban J connectivity index is 3.57. The van der Waals surface area contributed by atoms with Crippen molar-refractivity contribution in [1.82, 2.24) is 10.6 Å². The number of urea groups is 1. The van der Waals surface area contributed by atoms with Crippen LogP contribution in [0.5, 0.6) is 0 Å². The molecule has 0 bridgehead atoms. The number of aliphatic carboxylic acids is 1. The number of hydrogen-bond donors (Lipinski definition) is 4. The molecule has 0 spiro atoms. The van der Waals surface area contributed by atoms with Gasteiger partial charge < -0.3 is 20.8 Å². The number of carboxylic acids is 1. The van der Waals surface area contributed by atoms with Crippen molar-refractivity contribution in [2.75, 3.05) is 25.1 Å². The van der Waals surface area contributed by atoms with Gasteiger partial charge in [-0.15, -0.1) is 0 Å². The summed E-state index contributed by atoms with van der Waals surface area (Å²) >= 11 is 0. The first-order valence-electron chi connectivity index (χ1n) is 4.16. The van der Waals surface area contributed by atoms with Crippen LogP contribution in [0, 0.1) is 0 Å². The number of rotatable bonds is 6. The third-order valence-electron chi connectivity index (χ3n) is 1.42. The van der Waals surface area contributed by atoms with Crippen LogP contribution >= 0.6 is 0 Å². The Bertz CT molecular complexity index is 258. The number of aliphatic hydroxyl groups excluding tert-OH is 1. The van der Waals surface area contributed by atoms with Gasteiger partial charge in [-0.25, -0.2) is 9.59 Å². The number of amides is 2. The van der Waals surface area contributed by atoms with E-state index < -0.39 is 28.9 Å². The lowest BCUT2D eigenvalue weighted by Crippen LogP contribution is -2.43. The van der Waals surface area contributed by atoms with Crippen LogP contribution in [0.1, 0.15) is 0 Å². The monoisotopic (exact) mass is 238 g/mol. The van der Waals surface area contributed by atoms with Gasteiger partial charge in [0.25, 0.3) is 0 Å². The van der Waals surface area contributed by atoms with Crippen LogP contribution in [-0.4, -0.2) is 57.6 Å². The van der Waals surface area contributed by atoms with Gasteiger partial charge in [-0.1, -0.05) is 0 Å². The van der Waals surface area contributed by atoms with E-state index in [2.05, 4.69) is 10.6 Å². The molecule has 0 heterocycles. The van der Waals surface area contributed by atoms with E-state index in [1.807, 2.05) is 0 Å². The van der Waals surface area contributed by atoms with E-state index in [1.165, 1.54) is 6.26 Å². The molecular formula is C7H14N2O5S. The molecule has 0 aromatic rings. The second-order valence-corrected chi connectivity index (χ2v) is 4.32. The maximum Gasteiger partial charge on any atom is 0.334 e. The molecule has 8 heteroatoms. The summed E-state index contributed by atoms with van der Waals surface area (Å²) in [6.45, 7) is -0.130. The minimum Gasteiger partial charge on any atom is -0.479 e. The van der Waals surface area contributed by atoms with Gasteiger partial charge in [0, 0.05) is 29.4 Å². The molecule has 0 radical (unpaired) electrons. The van der Waals surface area contributed by atoms with Gasteiger partial charge in [0.1, 0.15) is 0 Å². The highest BCUT2D eigenvalue weighted by Crippen LogP contribution is 1.79. The van der Waals surface area contributed by atoms with Crippen molar-refractivity contribution in [3.05, 3.63) is 0 Å². The summed E-state index contributed by atoms with van der Waals surface area (Å²) in [6.07, 6.45) is -0.107. The second kappa shape index (κ2) is 7.18. The summed E-state index contributed by atoms with van der Waals surface area (Å²) in [5.74, 6) is -1.07. The van der Waals surface area contributed by atoms with Crippen LogP contribution in [0.2, 0.25) is 0 Å². The predicted molar refractivity (Wildman–Crippen MR) is 54.0 cm³/mol. The Kier molecular flexibility index (Phi) is 6.63. The molecule has 0 fully saturated rings. The third-order valence-corrected chi connectivity index (χ3v) is 2.20. The molecular weight excluding hydrogens is 224 g/mol. The van der Waals surface area contributed by atoms with Crippen LogP contribution < -0.4 is 10.6 Å². The van der Waals surface area contributed by atoms with Gasteiger partial charge in [-0.05, 0) is 0 Å². The molecule has 7 nitrogen and oxygen atoms in total. The van der Waals surface area contributed by atoms with Crippen molar-refractivity contribution < 1.29 is 24.0 Å². The highest BCUT2D eigenvalue weighted by molar-refractivity contribution is 7.84. The van der Waals surface area contributed by atoms with Crippen LogP contribution in [0.25, 0.3) is 0 Å². The normalized spacial score (nSPS) is 14.0. The molecule has 4 N–H and O–H groups in total. The van der Waals surface area contributed by atoms with Gasteiger partial charge in [0.05, 0.1) is 6.54 Å². The molecule has 2 amide bonds. The number of aliphatic hydroxyl groups is 1. The first kappa shape index (κ1) is 13.8. The molecule has 0 aromatic carbocycles. The van der Waals surface area contributed by atoms with Crippen molar-refractivity contribution in [3.63, 3.8) is 0 Å². The van der Waals surface area contributed by atoms with Crippen LogP contribution in [0.3, 0.4) is 0 Å². The van der Waals surface area contributed by atoms with Crippen molar-refractivity contribution in [3.8, 4) is 0 Å². The Morgan fingerprint density at radius 2 is 2.00 bits per heavy atom. The number of carboxylic acid groups (broad SMARTS) is 1. The van der Waals surface area contributed by atoms with Crippen LogP contribution in [0.15, 0.2) is 0 Å². The summed E-state index contributed by atoms with van der Waals surface area (Å²) in [6, 6.07) is -0.597. The van der Waals surface area contributed by atoms with Crippen molar-refractivity contribution in [2.45, 2.75) is 6.10 Å². The minimum atomic E-state index is -1.61. The van der Waals surface area contributed by atoms with Gasteiger partial charge in [0.2, 0.25) is 0 Å². The van der Waals surface area contributed by atoms with E-state index in [1.54, 1.807) is 0 Å². The first-order chi connectivity index (χ1) is 6.93. The quantitative estimate of drug-likeness (QED) is 0.432. The zero-order valence-electron chi connectivity index (χ0n) is 8.23. The molecule has 0 rings (SSSR count). The fourth-order valence-corrected chi connectivity index (χ4v) is 1.04. The maximum absolute atomic E-state index is 10.9. The third kappa shape index (κ3) is 7.89. The zero-order valence-corrected chi connectivity index (χ0v) is 9.04. The largest absolute Gasteiger partial charge is 0.479 e. The molecule has 0 aliphatic carbocycles. The van der Waals surface area contributed by atoms with E-state index in [-0.39, 0.29) is 13.1 Å². The molecule has 2 atom stereocenters. The highest BCUT2D eigenvalue weighted by atomic mass is 32.2. The predicted octanol–water partition coefficient (Wildman–Crippen LogP) is -1.89. The van der Waals surface area contributed by atoms with E-state index in [0.29, 0.717) is 5.75 Å². The molecule has 15 heavy (non-hydrogen) atoms. The summed E-state index contributed by atoms with van der Waals surface area (Å²) in [4.78, 5) is 21.1. The highest BCUT2D eigenvalue weighted by Gasteiger charge is 2.13. The molecule has 0 saturated carbocycles. The molecule has 2 unspecified atom stereocenters. The Morgan fingerprint density at radius 3 is 2.47 bits per heavy atom. The van der Waals surface area contributed by atoms with Crippen molar-refractivity contribution >= 4 is 22.8 Å². The van der Waals surface area contributed by atoms with Gasteiger partial charge in [-0.3, -0.25) is 4.21 Å². The first-order valence-corrected chi connectivity index (χ1v) is 5.88. The second-order valence-electron chi connectivity index (χ2n) is 2.77. The average molecular weight is 238 g/mol. The van der Waals surface area contributed by atoms with Gasteiger partial charge in [0.15, 0.2) is 6.10 Å². The Labute approximate surface area is 89.3 Å². The van der Waals surface area contributed by atoms with Gasteiger partial charge in [-0.2, -0.15) is 0 Å². The molecule has 88 valence electrons. The van der Waals surface area contributed by atoms with Gasteiger partial charge >= 0.3 is 12.0 Å². The lowest BCUT2D eigenvalue weighted by molar-refractivity contribution is -0.146. The minimum absolute atomic E-state index is 0.234. The lowest BCUT2D eigenvalue weighted by Gasteiger charge is -2.08. The van der Waals surface area contributed by atoms with E-state index in [9.17, 15) is 13.8 Å². The Morgan fingerprint density at radius 1 is 1.40 bits per heavy atom. The van der Waals surface area contributed by atoms with Crippen LogP contribution in [-0.2, 0) is 15.6 Å². The Hall–Kier alpha value is -1.15. The van der Waals surface area contributed by atoms with Crippen LogP contribution in [0.4, 0.5) is 4.79 Å². The summed E-state index contributed by atoms with van der Waals surface area (Å²) < 4.78 is 10.6.